The van der Waals surface area contributed by atoms with Crippen molar-refractivity contribution < 1.29 is 9.59 Å². The van der Waals surface area contributed by atoms with Crippen molar-refractivity contribution in [2.24, 2.45) is 11.8 Å². The van der Waals surface area contributed by atoms with Crippen LogP contribution in [0.1, 0.15) is 51.0 Å². The van der Waals surface area contributed by atoms with Gasteiger partial charge in [0, 0.05) is 30.3 Å². The molecule has 0 unspecified atom stereocenters. The summed E-state index contributed by atoms with van der Waals surface area (Å²) in [5.74, 6) is 0.563. The van der Waals surface area contributed by atoms with E-state index in [9.17, 15) is 9.59 Å². The minimum absolute atomic E-state index is 0.00259. The molecule has 0 atom stereocenters. The SMILES string of the molecule is CC(C)c1ccccc1NC(=O)C1CCC(C(=O)N(C)c2ccccc2)CC1. The van der Waals surface area contributed by atoms with Gasteiger partial charge in [-0.25, -0.2) is 0 Å². The van der Waals surface area contributed by atoms with Gasteiger partial charge >= 0.3 is 0 Å². The number of nitrogens with zero attached hydrogens (tertiary/aromatic N) is 1. The van der Waals surface area contributed by atoms with E-state index >= 15 is 0 Å². The van der Waals surface area contributed by atoms with Crippen LogP contribution in [0.15, 0.2) is 54.6 Å². The summed E-state index contributed by atoms with van der Waals surface area (Å²) in [6.07, 6.45) is 3.04. The van der Waals surface area contributed by atoms with Crippen LogP contribution >= 0.6 is 0 Å². The lowest BCUT2D eigenvalue weighted by Gasteiger charge is -2.30. The minimum atomic E-state index is -0.0219. The van der Waals surface area contributed by atoms with Crippen molar-refractivity contribution in [3.63, 3.8) is 0 Å². The third kappa shape index (κ3) is 4.61. The lowest BCUT2D eigenvalue weighted by atomic mass is 9.80. The van der Waals surface area contributed by atoms with Gasteiger partial charge in [-0.15, -0.1) is 0 Å². The number of para-hydroxylation sites is 2. The lowest BCUT2D eigenvalue weighted by molar-refractivity contribution is -0.126. The maximum Gasteiger partial charge on any atom is 0.229 e. The van der Waals surface area contributed by atoms with Crippen LogP contribution in [0.4, 0.5) is 11.4 Å². The maximum atomic E-state index is 12.8. The van der Waals surface area contributed by atoms with Gasteiger partial charge in [-0.2, -0.15) is 0 Å². The Balaban J connectivity index is 1.56. The monoisotopic (exact) mass is 378 g/mol. The fraction of sp³-hybridized carbons (Fsp3) is 0.417. The van der Waals surface area contributed by atoms with Crippen molar-refractivity contribution in [1.82, 2.24) is 0 Å². The third-order valence-corrected chi connectivity index (χ3v) is 5.76. The molecule has 2 amide bonds. The zero-order valence-corrected chi connectivity index (χ0v) is 17.0. The van der Waals surface area contributed by atoms with E-state index in [1.165, 1.54) is 0 Å². The summed E-state index contributed by atoms with van der Waals surface area (Å²) in [6.45, 7) is 4.26. The highest BCUT2D eigenvalue weighted by Crippen LogP contribution is 2.32. The molecule has 0 heterocycles. The van der Waals surface area contributed by atoms with Gasteiger partial charge < -0.3 is 10.2 Å². The van der Waals surface area contributed by atoms with Crippen molar-refractivity contribution in [2.75, 3.05) is 17.3 Å². The average molecular weight is 379 g/mol. The molecule has 0 bridgehead atoms. The Morgan fingerprint density at radius 3 is 2.11 bits per heavy atom. The molecule has 3 rings (SSSR count). The molecular weight excluding hydrogens is 348 g/mol. The van der Waals surface area contributed by atoms with E-state index in [0.29, 0.717) is 5.92 Å². The van der Waals surface area contributed by atoms with E-state index in [2.05, 4.69) is 25.2 Å². The fourth-order valence-corrected chi connectivity index (χ4v) is 4.00. The van der Waals surface area contributed by atoms with Gasteiger partial charge in [-0.05, 0) is 55.4 Å². The number of anilines is 2. The number of carbonyl (C=O) groups excluding carboxylic acids is 2. The molecule has 1 N–H and O–H groups in total. The predicted octanol–water partition coefficient (Wildman–Crippen LogP) is 5.22. The van der Waals surface area contributed by atoms with Crippen molar-refractivity contribution in [3.05, 3.63) is 60.2 Å². The highest BCUT2D eigenvalue weighted by Gasteiger charge is 2.31. The van der Waals surface area contributed by atoms with Gasteiger partial charge in [0.2, 0.25) is 11.8 Å². The number of nitrogens with one attached hydrogen (secondary N) is 1. The molecule has 1 aliphatic carbocycles. The van der Waals surface area contributed by atoms with E-state index in [4.69, 9.17) is 0 Å². The first-order valence-electron chi connectivity index (χ1n) is 10.2. The van der Waals surface area contributed by atoms with Crippen molar-refractivity contribution in [1.29, 1.82) is 0 Å². The minimum Gasteiger partial charge on any atom is -0.326 e. The number of amides is 2. The number of benzene rings is 2. The molecular formula is C24H30N2O2. The van der Waals surface area contributed by atoms with Crippen LogP contribution in [0.2, 0.25) is 0 Å². The molecule has 0 radical (unpaired) electrons. The van der Waals surface area contributed by atoms with Gasteiger partial charge in [0.05, 0.1) is 0 Å². The fourth-order valence-electron chi connectivity index (χ4n) is 4.00. The molecule has 0 aliphatic heterocycles. The van der Waals surface area contributed by atoms with Crippen LogP contribution in [-0.4, -0.2) is 18.9 Å². The van der Waals surface area contributed by atoms with E-state index in [0.717, 1.165) is 42.6 Å². The molecule has 1 fully saturated rings. The van der Waals surface area contributed by atoms with Gasteiger partial charge in [-0.1, -0.05) is 50.2 Å². The standard InChI is InChI=1S/C24H30N2O2/c1-17(2)21-11-7-8-12-22(21)25-23(27)18-13-15-19(16-14-18)24(28)26(3)20-9-5-4-6-10-20/h4-12,17-19H,13-16H2,1-3H3,(H,25,27). The Morgan fingerprint density at radius 2 is 1.46 bits per heavy atom. The lowest BCUT2D eigenvalue weighted by Crippen LogP contribution is -2.36. The molecule has 0 aromatic heterocycles. The van der Waals surface area contributed by atoms with Gasteiger partial charge in [0.15, 0.2) is 0 Å². The Bertz CT molecular complexity index is 808. The first-order valence-corrected chi connectivity index (χ1v) is 10.2. The summed E-state index contributed by atoms with van der Waals surface area (Å²) in [5, 5.41) is 3.12. The Hall–Kier alpha value is -2.62. The Labute approximate surface area is 167 Å². The summed E-state index contributed by atoms with van der Waals surface area (Å²) in [5.41, 5.74) is 2.98. The van der Waals surface area contributed by atoms with E-state index < -0.39 is 0 Å². The largest absolute Gasteiger partial charge is 0.326 e. The molecule has 2 aromatic rings. The second-order valence-corrected chi connectivity index (χ2v) is 8.01. The van der Waals surface area contributed by atoms with Gasteiger partial charge in [-0.3, -0.25) is 9.59 Å². The highest BCUT2D eigenvalue weighted by atomic mass is 16.2. The zero-order chi connectivity index (χ0) is 20.1. The second kappa shape index (κ2) is 9.05. The average Bonchev–Trinajstić information content (AvgIpc) is 2.73. The van der Waals surface area contributed by atoms with E-state index in [1.807, 2.05) is 55.6 Å². The summed E-state index contributed by atoms with van der Waals surface area (Å²) >= 11 is 0. The summed E-state index contributed by atoms with van der Waals surface area (Å²) in [7, 11) is 1.83. The molecule has 0 saturated heterocycles. The number of hydrogen-bond acceptors (Lipinski definition) is 2. The first kappa shape index (κ1) is 20.1. The Morgan fingerprint density at radius 1 is 0.893 bits per heavy atom. The quantitative estimate of drug-likeness (QED) is 0.776. The molecule has 148 valence electrons. The van der Waals surface area contributed by atoms with Crippen molar-refractivity contribution in [3.8, 4) is 0 Å². The smallest absolute Gasteiger partial charge is 0.229 e. The van der Waals surface area contributed by atoms with Crippen molar-refractivity contribution >= 4 is 23.2 Å². The number of rotatable bonds is 5. The Kier molecular flexibility index (Phi) is 6.50. The molecule has 1 aliphatic rings. The molecule has 1 saturated carbocycles. The first-order chi connectivity index (χ1) is 13.5. The molecule has 4 heteroatoms. The van der Waals surface area contributed by atoms with Crippen LogP contribution in [0, 0.1) is 11.8 Å². The predicted molar refractivity (Wildman–Crippen MR) is 114 cm³/mol. The molecule has 4 nitrogen and oxygen atoms in total. The normalized spacial score (nSPS) is 19.3. The van der Waals surface area contributed by atoms with Crippen LogP contribution in [0.5, 0.6) is 0 Å². The molecule has 2 aromatic carbocycles. The highest BCUT2D eigenvalue weighted by molar-refractivity contribution is 5.96. The second-order valence-electron chi connectivity index (χ2n) is 8.01. The summed E-state index contributed by atoms with van der Waals surface area (Å²) in [6, 6.07) is 17.7. The van der Waals surface area contributed by atoms with Crippen LogP contribution in [-0.2, 0) is 9.59 Å². The number of carbonyl (C=O) groups is 2. The van der Waals surface area contributed by atoms with E-state index in [1.54, 1.807) is 4.90 Å². The summed E-state index contributed by atoms with van der Waals surface area (Å²) < 4.78 is 0. The molecule has 0 spiro atoms. The van der Waals surface area contributed by atoms with E-state index in [-0.39, 0.29) is 23.7 Å². The number of hydrogen-bond donors (Lipinski definition) is 1. The van der Waals surface area contributed by atoms with Crippen molar-refractivity contribution in [2.45, 2.75) is 45.4 Å². The van der Waals surface area contributed by atoms with Crippen LogP contribution in [0.3, 0.4) is 0 Å². The third-order valence-electron chi connectivity index (χ3n) is 5.76. The van der Waals surface area contributed by atoms with Crippen LogP contribution in [0.25, 0.3) is 0 Å². The summed E-state index contributed by atoms with van der Waals surface area (Å²) in [4.78, 5) is 27.3. The topological polar surface area (TPSA) is 49.4 Å². The van der Waals surface area contributed by atoms with Gasteiger partial charge in [0.25, 0.3) is 0 Å². The van der Waals surface area contributed by atoms with Crippen LogP contribution < -0.4 is 10.2 Å². The van der Waals surface area contributed by atoms with Gasteiger partial charge in [0.1, 0.15) is 0 Å². The zero-order valence-electron chi connectivity index (χ0n) is 17.0. The molecule has 28 heavy (non-hydrogen) atoms. The maximum absolute atomic E-state index is 12.8.